The van der Waals surface area contributed by atoms with E-state index < -0.39 is 0 Å². The van der Waals surface area contributed by atoms with Crippen LogP contribution in [0.2, 0.25) is 0 Å². The molecule has 3 aromatic carbocycles. The van der Waals surface area contributed by atoms with E-state index in [1.807, 2.05) is 36.4 Å². The molecule has 1 N–H and O–H groups in total. The van der Waals surface area contributed by atoms with E-state index in [-0.39, 0.29) is 12.5 Å². The van der Waals surface area contributed by atoms with Gasteiger partial charge in [-0.25, -0.2) is 5.43 Å². The Labute approximate surface area is 199 Å². The molecule has 0 atom stereocenters. The molecule has 3 aromatic rings. The van der Waals surface area contributed by atoms with Gasteiger partial charge in [-0.1, -0.05) is 30.3 Å². The molecule has 0 spiro atoms. The molecule has 0 bridgehead atoms. The average Bonchev–Trinajstić information content (AvgIpc) is 2.89. The first kappa shape index (κ1) is 23.0. The number of carbonyl (C=O) groups is 1. The number of hydrazone groups is 1. The Balaban J connectivity index is 1.23. The number of ether oxygens (including phenoxy) is 1. The van der Waals surface area contributed by atoms with Crippen LogP contribution in [0.25, 0.3) is 0 Å². The summed E-state index contributed by atoms with van der Waals surface area (Å²) in [6.45, 7) is 4.93. The minimum atomic E-state index is -0.256. The molecule has 1 saturated heterocycles. The van der Waals surface area contributed by atoms with Crippen LogP contribution >= 0.6 is 0 Å². The molecule has 4 rings (SSSR count). The second-order valence-electron chi connectivity index (χ2n) is 8.01. The lowest BCUT2D eigenvalue weighted by Crippen LogP contribution is -2.45. The second kappa shape index (κ2) is 11.6. The van der Waals surface area contributed by atoms with Crippen LogP contribution in [0.4, 0.5) is 5.69 Å². The molecule has 1 fully saturated rings. The van der Waals surface area contributed by atoms with Crippen molar-refractivity contribution in [1.82, 2.24) is 10.3 Å². The molecular formula is C27H27N5O2. The van der Waals surface area contributed by atoms with E-state index >= 15 is 0 Å². The van der Waals surface area contributed by atoms with E-state index in [1.165, 1.54) is 11.3 Å². The molecule has 34 heavy (non-hydrogen) atoms. The first-order chi connectivity index (χ1) is 16.7. The second-order valence-corrected chi connectivity index (χ2v) is 8.01. The standard InChI is InChI=1S/C27H27N5O2/c28-14-19-34-26-12-8-22(9-13-26)20-29-30-27(33)24-10-6-23(7-11-24)21-31-15-17-32(18-16-31)25-4-2-1-3-5-25/h1-13,20H,15-19,21H2,(H,30,33)/b29-20-. The highest BCUT2D eigenvalue weighted by atomic mass is 16.5. The number of nitrogens with one attached hydrogen (secondary N) is 1. The fourth-order valence-electron chi connectivity index (χ4n) is 3.82. The lowest BCUT2D eigenvalue weighted by molar-refractivity contribution is 0.0955. The molecule has 172 valence electrons. The van der Waals surface area contributed by atoms with Crippen molar-refractivity contribution in [1.29, 1.82) is 5.26 Å². The summed E-state index contributed by atoms with van der Waals surface area (Å²) < 4.78 is 5.21. The Morgan fingerprint density at radius 1 is 0.971 bits per heavy atom. The molecule has 1 amide bonds. The van der Waals surface area contributed by atoms with Crippen molar-refractivity contribution in [3.05, 3.63) is 95.6 Å². The van der Waals surface area contributed by atoms with E-state index in [4.69, 9.17) is 10.00 Å². The number of nitrogens with zero attached hydrogens (tertiary/aromatic N) is 4. The molecule has 7 heteroatoms. The van der Waals surface area contributed by atoms with E-state index in [1.54, 1.807) is 30.5 Å². The summed E-state index contributed by atoms with van der Waals surface area (Å²) in [4.78, 5) is 17.2. The SMILES string of the molecule is N#CCOc1ccc(/C=N\NC(=O)c2ccc(CN3CCN(c4ccccc4)CC3)cc2)cc1. The highest BCUT2D eigenvalue weighted by Gasteiger charge is 2.17. The third kappa shape index (κ3) is 6.44. The van der Waals surface area contributed by atoms with Crippen LogP contribution in [-0.2, 0) is 6.54 Å². The molecule has 7 nitrogen and oxygen atoms in total. The molecular weight excluding hydrogens is 426 g/mol. The number of amides is 1. The van der Waals surface area contributed by atoms with Crippen LogP contribution in [0.3, 0.4) is 0 Å². The van der Waals surface area contributed by atoms with Crippen molar-refractivity contribution in [2.24, 2.45) is 5.10 Å². The number of piperazine rings is 1. The van der Waals surface area contributed by atoms with Crippen LogP contribution < -0.4 is 15.1 Å². The monoisotopic (exact) mass is 453 g/mol. The van der Waals surface area contributed by atoms with Crippen molar-refractivity contribution >= 4 is 17.8 Å². The van der Waals surface area contributed by atoms with Crippen molar-refractivity contribution in [2.75, 3.05) is 37.7 Å². The van der Waals surface area contributed by atoms with Gasteiger partial charge in [0.25, 0.3) is 5.91 Å². The molecule has 0 aliphatic carbocycles. The molecule has 1 aliphatic rings. The van der Waals surface area contributed by atoms with Gasteiger partial charge in [0, 0.05) is 44.0 Å². The lowest BCUT2D eigenvalue weighted by Gasteiger charge is -2.36. The number of para-hydroxylation sites is 1. The van der Waals surface area contributed by atoms with Crippen LogP contribution in [0.1, 0.15) is 21.5 Å². The van der Waals surface area contributed by atoms with Crippen LogP contribution in [0.5, 0.6) is 5.75 Å². The summed E-state index contributed by atoms with van der Waals surface area (Å²) in [5.41, 5.74) is 6.40. The molecule has 1 aliphatic heterocycles. The van der Waals surface area contributed by atoms with Crippen molar-refractivity contribution in [3.63, 3.8) is 0 Å². The highest BCUT2D eigenvalue weighted by molar-refractivity contribution is 5.94. The van der Waals surface area contributed by atoms with Gasteiger partial charge < -0.3 is 9.64 Å². The zero-order valence-electron chi connectivity index (χ0n) is 18.9. The van der Waals surface area contributed by atoms with Crippen molar-refractivity contribution < 1.29 is 9.53 Å². The van der Waals surface area contributed by atoms with Gasteiger partial charge in [0.15, 0.2) is 6.61 Å². The minimum absolute atomic E-state index is 0.00712. The van der Waals surface area contributed by atoms with Crippen LogP contribution in [0.15, 0.2) is 84.0 Å². The highest BCUT2D eigenvalue weighted by Crippen LogP contribution is 2.17. The predicted octanol–water partition coefficient (Wildman–Crippen LogP) is 3.68. The summed E-state index contributed by atoms with van der Waals surface area (Å²) in [7, 11) is 0. The maximum absolute atomic E-state index is 12.4. The number of carbonyl (C=O) groups excluding carboxylic acids is 1. The van der Waals surface area contributed by atoms with E-state index in [0.717, 1.165) is 38.3 Å². The topological polar surface area (TPSA) is 81.0 Å². The Morgan fingerprint density at radius 2 is 1.68 bits per heavy atom. The number of hydrogen-bond acceptors (Lipinski definition) is 6. The van der Waals surface area contributed by atoms with Gasteiger partial charge in [-0.3, -0.25) is 9.69 Å². The van der Waals surface area contributed by atoms with Crippen LogP contribution in [-0.4, -0.2) is 49.8 Å². The number of benzene rings is 3. The average molecular weight is 454 g/mol. The zero-order chi connectivity index (χ0) is 23.6. The first-order valence-corrected chi connectivity index (χ1v) is 11.3. The normalized spacial score (nSPS) is 14.0. The predicted molar refractivity (Wildman–Crippen MR) is 133 cm³/mol. The van der Waals surface area contributed by atoms with Gasteiger partial charge in [-0.05, 0) is 59.7 Å². The summed E-state index contributed by atoms with van der Waals surface area (Å²) in [5.74, 6) is 0.356. The summed E-state index contributed by atoms with van der Waals surface area (Å²) >= 11 is 0. The number of nitriles is 1. The van der Waals surface area contributed by atoms with Gasteiger partial charge in [-0.15, -0.1) is 0 Å². The fourth-order valence-corrected chi connectivity index (χ4v) is 3.82. The molecule has 0 radical (unpaired) electrons. The van der Waals surface area contributed by atoms with E-state index in [9.17, 15) is 4.79 Å². The molecule has 0 unspecified atom stereocenters. The molecule has 1 heterocycles. The third-order valence-electron chi connectivity index (χ3n) is 5.68. The fraction of sp³-hybridized carbons (Fsp3) is 0.222. The maximum Gasteiger partial charge on any atom is 0.271 e. The summed E-state index contributed by atoms with van der Waals surface area (Å²) in [6, 6.07) is 27.2. The summed E-state index contributed by atoms with van der Waals surface area (Å²) in [5, 5.41) is 12.6. The Hall–Kier alpha value is -4.15. The van der Waals surface area contributed by atoms with Gasteiger partial charge in [-0.2, -0.15) is 10.4 Å². The number of anilines is 1. The van der Waals surface area contributed by atoms with Crippen LogP contribution in [0, 0.1) is 11.3 Å². The lowest BCUT2D eigenvalue weighted by atomic mass is 10.1. The Kier molecular flexibility index (Phi) is 7.88. The van der Waals surface area contributed by atoms with Crippen molar-refractivity contribution in [3.8, 4) is 11.8 Å². The van der Waals surface area contributed by atoms with E-state index in [2.05, 4.69) is 44.6 Å². The smallest absolute Gasteiger partial charge is 0.271 e. The Bertz CT molecular complexity index is 1130. The Morgan fingerprint density at radius 3 is 2.35 bits per heavy atom. The third-order valence-corrected chi connectivity index (χ3v) is 5.68. The molecule has 0 aromatic heterocycles. The van der Waals surface area contributed by atoms with Crippen molar-refractivity contribution in [2.45, 2.75) is 6.54 Å². The minimum Gasteiger partial charge on any atom is -0.479 e. The number of hydrogen-bond donors (Lipinski definition) is 1. The van der Waals surface area contributed by atoms with Gasteiger partial charge >= 0.3 is 0 Å². The quantitative estimate of drug-likeness (QED) is 0.416. The van der Waals surface area contributed by atoms with Gasteiger partial charge in [0.2, 0.25) is 0 Å². The molecule has 0 saturated carbocycles. The largest absolute Gasteiger partial charge is 0.479 e. The van der Waals surface area contributed by atoms with Gasteiger partial charge in [0.1, 0.15) is 11.8 Å². The van der Waals surface area contributed by atoms with E-state index in [0.29, 0.717) is 11.3 Å². The van der Waals surface area contributed by atoms with Gasteiger partial charge in [0.05, 0.1) is 6.21 Å². The zero-order valence-corrected chi connectivity index (χ0v) is 18.9. The first-order valence-electron chi connectivity index (χ1n) is 11.3. The number of rotatable bonds is 8. The maximum atomic E-state index is 12.4. The summed E-state index contributed by atoms with van der Waals surface area (Å²) in [6.07, 6.45) is 1.56.